The molecule has 0 amide bonds. The van der Waals surface area contributed by atoms with Crippen LogP contribution in [0, 0.1) is 0 Å². The molecule has 3 rings (SSSR count). The minimum atomic E-state index is -0.605. The number of aliphatic hydroxyl groups is 1. The number of β-amino-alcohol motifs (C(OH)–C–C–N with tert-alkyl or cyclic N) is 1. The van der Waals surface area contributed by atoms with E-state index in [1.165, 1.54) is 4.70 Å². The Morgan fingerprint density at radius 1 is 1.41 bits per heavy atom. The van der Waals surface area contributed by atoms with Crippen molar-refractivity contribution < 1.29 is 5.11 Å². The molecule has 1 aliphatic rings. The van der Waals surface area contributed by atoms with Gasteiger partial charge in [-0.2, -0.15) is 0 Å². The van der Waals surface area contributed by atoms with Crippen LogP contribution in [-0.2, 0) is 6.42 Å². The van der Waals surface area contributed by atoms with Gasteiger partial charge >= 0.3 is 0 Å². The first-order valence-electron chi connectivity index (χ1n) is 6.03. The number of rotatable bonds is 2. The number of para-hydroxylation sites is 1. The first-order valence-corrected chi connectivity index (χ1v) is 6.84. The highest BCUT2D eigenvalue weighted by Crippen LogP contribution is 2.27. The van der Waals surface area contributed by atoms with E-state index in [4.69, 9.17) is 0 Å². The second-order valence-corrected chi connectivity index (χ2v) is 5.87. The van der Waals surface area contributed by atoms with Crippen molar-refractivity contribution in [3.05, 3.63) is 29.3 Å². The third-order valence-electron chi connectivity index (χ3n) is 3.27. The summed E-state index contributed by atoms with van der Waals surface area (Å²) in [6.45, 7) is 1.70. The molecule has 0 aliphatic carbocycles. The van der Waals surface area contributed by atoms with Crippen molar-refractivity contribution in [2.75, 3.05) is 13.1 Å². The van der Waals surface area contributed by atoms with Gasteiger partial charge in [0.2, 0.25) is 0 Å². The zero-order valence-corrected chi connectivity index (χ0v) is 10.5. The monoisotopic (exact) mass is 248 g/mol. The smallest absolute Gasteiger partial charge is 0.0967 e. The van der Waals surface area contributed by atoms with Crippen LogP contribution in [-0.4, -0.2) is 28.8 Å². The summed E-state index contributed by atoms with van der Waals surface area (Å²) in [7, 11) is 0. The minimum absolute atomic E-state index is 0.605. The predicted molar refractivity (Wildman–Crippen MR) is 70.4 cm³/mol. The van der Waals surface area contributed by atoms with Crippen LogP contribution < -0.4 is 5.32 Å². The van der Waals surface area contributed by atoms with E-state index in [2.05, 4.69) is 16.4 Å². The lowest BCUT2D eigenvalue weighted by atomic mass is 9.91. The molecule has 2 N–H and O–H groups in total. The van der Waals surface area contributed by atoms with Gasteiger partial charge in [-0.15, -0.1) is 11.3 Å². The van der Waals surface area contributed by atoms with Crippen LogP contribution in [0.2, 0.25) is 0 Å². The highest BCUT2D eigenvalue weighted by atomic mass is 32.1. The second kappa shape index (κ2) is 4.37. The maximum Gasteiger partial charge on any atom is 0.0967 e. The number of fused-ring (bicyclic) bond motifs is 1. The van der Waals surface area contributed by atoms with Crippen molar-refractivity contribution in [2.45, 2.75) is 24.9 Å². The zero-order chi connectivity index (χ0) is 11.7. The standard InChI is InChI=1S/C13H16N2OS/c16-13(6-3-7-14-9-13)8-12-15-10-4-1-2-5-11(10)17-12/h1-2,4-5,14,16H,3,6-9H2. The van der Waals surface area contributed by atoms with E-state index in [1.807, 2.05) is 18.2 Å². The fraction of sp³-hybridized carbons (Fsp3) is 0.462. The Hall–Kier alpha value is -0.970. The molecule has 1 aromatic heterocycles. The Bertz CT molecular complexity index is 484. The van der Waals surface area contributed by atoms with Gasteiger partial charge in [-0.3, -0.25) is 0 Å². The van der Waals surface area contributed by atoms with Gasteiger partial charge in [0.1, 0.15) is 0 Å². The fourth-order valence-electron chi connectivity index (χ4n) is 2.38. The largest absolute Gasteiger partial charge is 0.388 e. The Morgan fingerprint density at radius 3 is 3.06 bits per heavy atom. The fourth-order valence-corrected chi connectivity index (χ4v) is 3.48. The lowest BCUT2D eigenvalue weighted by Gasteiger charge is -2.31. The Labute approximate surface area is 105 Å². The highest BCUT2D eigenvalue weighted by molar-refractivity contribution is 7.18. The second-order valence-electron chi connectivity index (χ2n) is 4.76. The van der Waals surface area contributed by atoms with E-state index in [9.17, 15) is 5.11 Å². The average Bonchev–Trinajstić information content (AvgIpc) is 2.71. The van der Waals surface area contributed by atoms with E-state index in [0.717, 1.165) is 29.9 Å². The van der Waals surface area contributed by atoms with Gasteiger partial charge in [-0.1, -0.05) is 12.1 Å². The number of hydrogen-bond acceptors (Lipinski definition) is 4. The highest BCUT2D eigenvalue weighted by Gasteiger charge is 2.30. The average molecular weight is 248 g/mol. The molecule has 3 nitrogen and oxygen atoms in total. The van der Waals surface area contributed by atoms with Gasteiger partial charge in [0.05, 0.1) is 20.8 Å². The maximum atomic E-state index is 10.5. The van der Waals surface area contributed by atoms with Crippen LogP contribution in [0.3, 0.4) is 0 Å². The van der Waals surface area contributed by atoms with Crippen molar-refractivity contribution in [1.82, 2.24) is 10.3 Å². The van der Waals surface area contributed by atoms with Crippen molar-refractivity contribution in [3.8, 4) is 0 Å². The van der Waals surface area contributed by atoms with E-state index >= 15 is 0 Å². The van der Waals surface area contributed by atoms with E-state index in [0.29, 0.717) is 13.0 Å². The van der Waals surface area contributed by atoms with E-state index < -0.39 is 5.60 Å². The third kappa shape index (κ3) is 2.34. The number of thiazole rings is 1. The van der Waals surface area contributed by atoms with Gasteiger partial charge < -0.3 is 10.4 Å². The molecule has 1 fully saturated rings. The summed E-state index contributed by atoms with van der Waals surface area (Å²) >= 11 is 1.69. The number of aromatic nitrogens is 1. The molecule has 1 unspecified atom stereocenters. The molecular formula is C13H16N2OS. The first kappa shape index (κ1) is 11.1. The number of hydrogen-bond donors (Lipinski definition) is 2. The van der Waals surface area contributed by atoms with E-state index in [1.54, 1.807) is 11.3 Å². The number of benzene rings is 1. The molecule has 2 aromatic rings. The summed E-state index contributed by atoms with van der Waals surface area (Å²) in [6.07, 6.45) is 2.58. The molecule has 1 atom stereocenters. The van der Waals surface area contributed by atoms with Gasteiger partial charge in [0, 0.05) is 13.0 Å². The first-order chi connectivity index (χ1) is 8.25. The number of nitrogens with one attached hydrogen (secondary N) is 1. The predicted octanol–water partition coefficient (Wildman–Crippen LogP) is 1.95. The van der Waals surface area contributed by atoms with Crippen LogP contribution in [0.4, 0.5) is 0 Å². The lowest BCUT2D eigenvalue weighted by molar-refractivity contribution is 0.0169. The summed E-state index contributed by atoms with van der Waals surface area (Å²) in [5, 5.41) is 14.7. The SMILES string of the molecule is OC1(Cc2nc3ccccc3s2)CCCNC1. The molecule has 1 aromatic carbocycles. The molecule has 17 heavy (non-hydrogen) atoms. The minimum Gasteiger partial charge on any atom is -0.388 e. The van der Waals surface area contributed by atoms with Crippen molar-refractivity contribution in [1.29, 1.82) is 0 Å². The van der Waals surface area contributed by atoms with Gasteiger partial charge in [0.15, 0.2) is 0 Å². The molecule has 0 radical (unpaired) electrons. The summed E-state index contributed by atoms with van der Waals surface area (Å²) in [5.41, 5.74) is 0.437. The summed E-state index contributed by atoms with van der Waals surface area (Å²) < 4.78 is 1.20. The molecule has 2 heterocycles. The maximum absolute atomic E-state index is 10.5. The van der Waals surface area contributed by atoms with Crippen LogP contribution >= 0.6 is 11.3 Å². The molecule has 90 valence electrons. The molecular weight excluding hydrogens is 232 g/mol. The molecule has 4 heteroatoms. The Morgan fingerprint density at radius 2 is 2.29 bits per heavy atom. The Balaban J connectivity index is 1.84. The normalized spacial score (nSPS) is 25.2. The number of piperidine rings is 1. The van der Waals surface area contributed by atoms with Crippen LogP contribution in [0.5, 0.6) is 0 Å². The van der Waals surface area contributed by atoms with Crippen LogP contribution in [0.15, 0.2) is 24.3 Å². The van der Waals surface area contributed by atoms with Crippen molar-refractivity contribution in [3.63, 3.8) is 0 Å². The van der Waals surface area contributed by atoms with Gasteiger partial charge in [0.25, 0.3) is 0 Å². The van der Waals surface area contributed by atoms with Crippen LogP contribution in [0.25, 0.3) is 10.2 Å². The molecule has 0 saturated carbocycles. The zero-order valence-electron chi connectivity index (χ0n) is 9.65. The molecule has 0 spiro atoms. The third-order valence-corrected chi connectivity index (χ3v) is 4.30. The molecule has 1 aliphatic heterocycles. The van der Waals surface area contributed by atoms with Gasteiger partial charge in [-0.25, -0.2) is 4.98 Å². The molecule has 1 saturated heterocycles. The number of nitrogens with zero attached hydrogens (tertiary/aromatic N) is 1. The van der Waals surface area contributed by atoms with Crippen molar-refractivity contribution >= 4 is 21.6 Å². The topological polar surface area (TPSA) is 45.2 Å². The summed E-state index contributed by atoms with van der Waals surface area (Å²) in [5.74, 6) is 0. The molecule has 0 bridgehead atoms. The van der Waals surface area contributed by atoms with Gasteiger partial charge in [-0.05, 0) is 31.5 Å². The Kier molecular flexibility index (Phi) is 2.86. The van der Waals surface area contributed by atoms with E-state index in [-0.39, 0.29) is 0 Å². The summed E-state index contributed by atoms with van der Waals surface area (Å²) in [6, 6.07) is 8.14. The quantitative estimate of drug-likeness (QED) is 0.854. The van der Waals surface area contributed by atoms with Crippen LogP contribution in [0.1, 0.15) is 17.8 Å². The van der Waals surface area contributed by atoms with Crippen molar-refractivity contribution in [2.24, 2.45) is 0 Å². The lowest BCUT2D eigenvalue weighted by Crippen LogP contribution is -2.47. The summed E-state index contributed by atoms with van der Waals surface area (Å²) in [4.78, 5) is 4.58.